The van der Waals surface area contributed by atoms with Crippen LogP contribution in [0.25, 0.3) is 0 Å². The van der Waals surface area contributed by atoms with Crippen molar-refractivity contribution in [2.24, 2.45) is 5.92 Å². The average molecular weight is 311 g/mol. The third-order valence-corrected chi connectivity index (χ3v) is 5.96. The molecule has 0 bridgehead atoms. The number of nitrogens with two attached hydrogens (primary N) is 1. The first-order valence-electron chi connectivity index (χ1n) is 7.28. The molecule has 1 aromatic rings. The fourth-order valence-corrected chi connectivity index (χ4v) is 5.03. The number of piperidine rings is 1. The molecule has 0 aromatic heterocycles. The number of sulfonamides is 1. The lowest BCUT2D eigenvalue weighted by atomic mass is 9.95. The third-order valence-electron chi connectivity index (χ3n) is 4.17. The summed E-state index contributed by atoms with van der Waals surface area (Å²) in [7, 11) is -1.45. The van der Waals surface area contributed by atoms with Crippen molar-refractivity contribution in [1.82, 2.24) is 9.62 Å². The average Bonchev–Trinajstić information content (AvgIpc) is 2.30. The van der Waals surface area contributed by atoms with Gasteiger partial charge in [-0.1, -0.05) is 6.92 Å². The summed E-state index contributed by atoms with van der Waals surface area (Å²) in [6, 6.07) is 3.40. The molecule has 2 rings (SSSR count). The van der Waals surface area contributed by atoms with Crippen LogP contribution >= 0.6 is 0 Å². The number of nitrogen functional groups attached to an aromatic ring is 1. The molecule has 0 spiro atoms. The molecule has 0 saturated carbocycles. The highest BCUT2D eigenvalue weighted by atomic mass is 32.2. The van der Waals surface area contributed by atoms with E-state index in [1.54, 1.807) is 26.0 Å². The van der Waals surface area contributed by atoms with Crippen LogP contribution in [0.15, 0.2) is 17.0 Å². The summed E-state index contributed by atoms with van der Waals surface area (Å²) in [5.74, 6) is 0.299. The zero-order chi connectivity index (χ0) is 15.8. The molecule has 0 amide bonds. The summed E-state index contributed by atoms with van der Waals surface area (Å²) in [6.45, 7) is 7.49. The second kappa shape index (κ2) is 5.94. The molecule has 1 aliphatic heterocycles. The molecule has 6 heteroatoms. The van der Waals surface area contributed by atoms with Crippen LogP contribution in [-0.4, -0.2) is 39.5 Å². The fourth-order valence-electron chi connectivity index (χ4n) is 3.20. The van der Waals surface area contributed by atoms with Crippen molar-refractivity contribution >= 4 is 15.7 Å². The van der Waals surface area contributed by atoms with Crippen molar-refractivity contribution < 1.29 is 8.42 Å². The Morgan fingerprint density at radius 2 is 1.86 bits per heavy atom. The zero-order valence-electron chi connectivity index (χ0n) is 13.2. The normalized spacial score (nSPS) is 24.2. The molecule has 3 N–H and O–H groups in total. The fraction of sp³-hybridized carbons (Fsp3) is 0.600. The van der Waals surface area contributed by atoms with Gasteiger partial charge >= 0.3 is 0 Å². The minimum absolute atomic E-state index is 0.0115. The largest absolute Gasteiger partial charge is 0.399 e. The van der Waals surface area contributed by atoms with Crippen LogP contribution in [0.2, 0.25) is 0 Å². The number of nitrogens with one attached hydrogen (secondary N) is 1. The molecule has 0 aliphatic carbocycles. The van der Waals surface area contributed by atoms with Gasteiger partial charge in [-0.3, -0.25) is 0 Å². The summed E-state index contributed by atoms with van der Waals surface area (Å²) in [5.41, 5.74) is 7.76. The molecule has 1 heterocycles. The smallest absolute Gasteiger partial charge is 0.241 e. The molecule has 1 saturated heterocycles. The number of rotatable bonds is 3. The Kier molecular flexibility index (Phi) is 4.60. The highest BCUT2D eigenvalue weighted by molar-refractivity contribution is 7.89. The minimum atomic E-state index is -3.51. The van der Waals surface area contributed by atoms with Gasteiger partial charge in [-0.15, -0.1) is 0 Å². The Morgan fingerprint density at radius 1 is 1.29 bits per heavy atom. The number of hydrogen-bond donors (Lipinski definition) is 2. The summed E-state index contributed by atoms with van der Waals surface area (Å²) in [4.78, 5) is 2.60. The lowest BCUT2D eigenvalue weighted by Gasteiger charge is -2.35. The molecule has 1 aromatic carbocycles. The van der Waals surface area contributed by atoms with Crippen LogP contribution in [0.5, 0.6) is 0 Å². The topological polar surface area (TPSA) is 75.4 Å². The Balaban J connectivity index is 2.27. The summed E-state index contributed by atoms with van der Waals surface area (Å²) in [6.07, 6.45) is 0.837. The van der Waals surface area contributed by atoms with E-state index < -0.39 is 10.0 Å². The first-order valence-corrected chi connectivity index (χ1v) is 8.76. The number of aryl methyl sites for hydroxylation is 2. The quantitative estimate of drug-likeness (QED) is 0.830. The Bertz CT molecular complexity index is 605. The summed E-state index contributed by atoms with van der Waals surface area (Å²) >= 11 is 0. The molecule has 2 unspecified atom stereocenters. The van der Waals surface area contributed by atoms with E-state index in [1.807, 2.05) is 0 Å². The molecule has 118 valence electrons. The maximum Gasteiger partial charge on any atom is 0.241 e. The third kappa shape index (κ3) is 3.56. The molecule has 5 nitrogen and oxygen atoms in total. The van der Waals surface area contributed by atoms with E-state index in [4.69, 9.17) is 5.73 Å². The van der Waals surface area contributed by atoms with Gasteiger partial charge in [0.2, 0.25) is 10.0 Å². The van der Waals surface area contributed by atoms with Gasteiger partial charge in [-0.05, 0) is 63.0 Å². The van der Waals surface area contributed by atoms with E-state index in [-0.39, 0.29) is 6.04 Å². The lowest BCUT2D eigenvalue weighted by Crippen LogP contribution is -2.48. The molecule has 1 aliphatic rings. The van der Waals surface area contributed by atoms with Crippen molar-refractivity contribution in [3.05, 3.63) is 23.3 Å². The monoisotopic (exact) mass is 311 g/mol. The van der Waals surface area contributed by atoms with E-state index in [9.17, 15) is 8.42 Å². The molecule has 1 fully saturated rings. The van der Waals surface area contributed by atoms with Gasteiger partial charge in [0.15, 0.2) is 0 Å². The maximum atomic E-state index is 12.7. The molecule has 0 radical (unpaired) electrons. The van der Waals surface area contributed by atoms with Gasteiger partial charge in [-0.25, -0.2) is 13.1 Å². The van der Waals surface area contributed by atoms with Crippen LogP contribution in [-0.2, 0) is 10.0 Å². The Morgan fingerprint density at radius 3 is 2.38 bits per heavy atom. The van der Waals surface area contributed by atoms with Crippen molar-refractivity contribution in [2.45, 2.75) is 38.1 Å². The van der Waals surface area contributed by atoms with Crippen molar-refractivity contribution in [2.75, 3.05) is 25.9 Å². The lowest BCUT2D eigenvalue weighted by molar-refractivity contribution is 0.188. The number of hydrogen-bond acceptors (Lipinski definition) is 4. The summed E-state index contributed by atoms with van der Waals surface area (Å²) < 4.78 is 28.3. The van der Waals surface area contributed by atoms with E-state index in [0.29, 0.717) is 27.6 Å². The Hall–Kier alpha value is -1.11. The number of benzene rings is 1. The predicted molar refractivity (Wildman–Crippen MR) is 85.7 cm³/mol. The van der Waals surface area contributed by atoms with Crippen LogP contribution in [0.3, 0.4) is 0 Å². The second-order valence-corrected chi connectivity index (χ2v) is 7.89. The van der Waals surface area contributed by atoms with Gasteiger partial charge in [0.05, 0.1) is 4.90 Å². The van der Waals surface area contributed by atoms with Crippen LogP contribution in [0, 0.1) is 19.8 Å². The van der Waals surface area contributed by atoms with Gasteiger partial charge in [0.1, 0.15) is 0 Å². The van der Waals surface area contributed by atoms with Crippen molar-refractivity contribution in [3.8, 4) is 0 Å². The maximum absolute atomic E-state index is 12.7. The van der Waals surface area contributed by atoms with Crippen LogP contribution < -0.4 is 10.5 Å². The van der Waals surface area contributed by atoms with Crippen LogP contribution in [0.4, 0.5) is 5.69 Å². The molecular weight excluding hydrogens is 286 g/mol. The molecule has 2 atom stereocenters. The van der Waals surface area contributed by atoms with Gasteiger partial charge in [0.25, 0.3) is 0 Å². The van der Waals surface area contributed by atoms with Crippen LogP contribution in [0.1, 0.15) is 24.5 Å². The first kappa shape index (κ1) is 16.3. The number of likely N-dealkylation sites (tertiary alicyclic amines) is 1. The van der Waals surface area contributed by atoms with E-state index in [1.165, 1.54) is 0 Å². The second-order valence-electron chi connectivity index (χ2n) is 6.24. The van der Waals surface area contributed by atoms with Crippen molar-refractivity contribution in [1.29, 1.82) is 0 Å². The number of anilines is 1. The highest BCUT2D eigenvalue weighted by Gasteiger charge is 2.30. The van der Waals surface area contributed by atoms with E-state index in [2.05, 4.69) is 23.6 Å². The van der Waals surface area contributed by atoms with E-state index in [0.717, 1.165) is 19.5 Å². The first-order chi connectivity index (χ1) is 9.70. The standard InChI is InChI=1S/C15H25N3O2S/c1-10-7-13(16)8-11(2)15(10)21(19,20)17-14-5-6-18(4)9-12(14)3/h7-8,12,14,17H,5-6,9,16H2,1-4H3. The summed E-state index contributed by atoms with van der Waals surface area (Å²) in [5, 5.41) is 0. The zero-order valence-corrected chi connectivity index (χ0v) is 14.0. The van der Waals surface area contributed by atoms with Gasteiger partial charge < -0.3 is 10.6 Å². The minimum Gasteiger partial charge on any atom is -0.399 e. The van der Waals surface area contributed by atoms with Gasteiger partial charge in [-0.2, -0.15) is 0 Å². The van der Waals surface area contributed by atoms with Crippen molar-refractivity contribution in [3.63, 3.8) is 0 Å². The highest BCUT2D eigenvalue weighted by Crippen LogP contribution is 2.25. The van der Waals surface area contributed by atoms with E-state index >= 15 is 0 Å². The SMILES string of the molecule is Cc1cc(N)cc(C)c1S(=O)(=O)NC1CCN(C)CC1C. The predicted octanol–water partition coefficient (Wildman–Crippen LogP) is 1.50. The Labute approximate surface area is 127 Å². The molecular formula is C15H25N3O2S. The van der Waals surface area contributed by atoms with Gasteiger partial charge in [0, 0.05) is 18.3 Å². The molecule has 21 heavy (non-hydrogen) atoms. The number of nitrogens with zero attached hydrogens (tertiary/aromatic N) is 1.